The largest absolute Gasteiger partial charge is 0.573 e. The quantitative estimate of drug-likeness (QED) is 0.295. The van der Waals surface area contributed by atoms with E-state index in [1.165, 1.54) is 36.4 Å². The molecule has 0 aromatic heterocycles. The summed E-state index contributed by atoms with van der Waals surface area (Å²) < 4.78 is 47.4. The lowest BCUT2D eigenvalue weighted by Crippen LogP contribution is -2.16. The van der Waals surface area contributed by atoms with Gasteiger partial charge >= 0.3 is 18.3 Å². The van der Waals surface area contributed by atoms with Gasteiger partial charge in [0, 0.05) is 23.3 Å². The van der Waals surface area contributed by atoms with Crippen molar-refractivity contribution >= 4 is 24.1 Å². The number of carboxylic acid groups (broad SMARTS) is 2. The van der Waals surface area contributed by atoms with Crippen LogP contribution in [0.4, 0.5) is 13.2 Å². The van der Waals surface area contributed by atoms with Gasteiger partial charge in [-0.1, -0.05) is 45.0 Å². The minimum absolute atomic E-state index is 0.206. The zero-order valence-electron chi connectivity index (χ0n) is 20.7. The second kappa shape index (κ2) is 11.2. The number of halogens is 3. The van der Waals surface area contributed by atoms with Gasteiger partial charge < -0.3 is 19.7 Å². The van der Waals surface area contributed by atoms with Gasteiger partial charge in [-0.3, -0.25) is 0 Å². The number of ether oxygens (including phenoxy) is 2. The van der Waals surface area contributed by atoms with Crippen LogP contribution in [0.15, 0.2) is 72.8 Å². The van der Waals surface area contributed by atoms with E-state index in [0.717, 1.165) is 17.7 Å². The average molecular weight is 527 g/mol. The number of alkyl halides is 3. The highest BCUT2D eigenvalue weighted by Crippen LogP contribution is 2.36. The Hall–Kier alpha value is -4.53. The summed E-state index contributed by atoms with van der Waals surface area (Å²) in [5, 5.41) is 18.2. The van der Waals surface area contributed by atoms with Crippen LogP contribution in [-0.4, -0.2) is 28.5 Å². The van der Waals surface area contributed by atoms with Crippen molar-refractivity contribution < 1.29 is 42.4 Å². The molecule has 0 unspecified atom stereocenters. The monoisotopic (exact) mass is 526 g/mol. The van der Waals surface area contributed by atoms with Crippen LogP contribution in [0.2, 0.25) is 0 Å². The average Bonchev–Trinajstić information content (AvgIpc) is 2.81. The van der Waals surface area contributed by atoms with Crippen LogP contribution in [0, 0.1) is 0 Å². The van der Waals surface area contributed by atoms with E-state index in [2.05, 4.69) is 4.74 Å². The number of carbonyl (C=O) groups is 2. The van der Waals surface area contributed by atoms with Crippen molar-refractivity contribution in [2.45, 2.75) is 32.5 Å². The Kier molecular flexibility index (Phi) is 8.30. The van der Waals surface area contributed by atoms with Gasteiger partial charge in [0.05, 0.1) is 0 Å². The van der Waals surface area contributed by atoms with Crippen molar-refractivity contribution in [1.82, 2.24) is 0 Å². The van der Waals surface area contributed by atoms with Gasteiger partial charge in [0.2, 0.25) is 0 Å². The number of benzene rings is 3. The lowest BCUT2D eigenvalue weighted by Gasteiger charge is -2.21. The van der Waals surface area contributed by atoms with Crippen molar-refractivity contribution in [2.24, 2.45) is 0 Å². The molecular weight excluding hydrogens is 501 g/mol. The molecule has 0 saturated heterocycles. The van der Waals surface area contributed by atoms with Crippen molar-refractivity contribution in [2.75, 3.05) is 0 Å². The van der Waals surface area contributed by atoms with Gasteiger partial charge in [-0.25, -0.2) is 9.59 Å². The molecule has 6 nitrogen and oxygen atoms in total. The van der Waals surface area contributed by atoms with Crippen LogP contribution >= 0.6 is 0 Å². The highest BCUT2D eigenvalue weighted by Gasteiger charge is 2.31. The van der Waals surface area contributed by atoms with E-state index in [1.807, 2.05) is 32.9 Å². The zero-order chi connectivity index (χ0) is 28.1. The Morgan fingerprint density at radius 2 is 1.24 bits per heavy atom. The molecule has 0 bridgehead atoms. The Morgan fingerprint density at radius 3 is 1.74 bits per heavy atom. The van der Waals surface area contributed by atoms with E-state index in [4.69, 9.17) is 14.9 Å². The van der Waals surface area contributed by atoms with Gasteiger partial charge in [-0.2, -0.15) is 0 Å². The lowest BCUT2D eigenvalue weighted by atomic mass is 9.86. The van der Waals surface area contributed by atoms with Crippen LogP contribution in [0.1, 0.15) is 37.5 Å². The molecule has 0 spiro atoms. The van der Waals surface area contributed by atoms with E-state index in [0.29, 0.717) is 28.0 Å². The molecule has 0 atom stereocenters. The summed E-state index contributed by atoms with van der Waals surface area (Å²) >= 11 is 0. The van der Waals surface area contributed by atoms with E-state index in [9.17, 15) is 22.8 Å². The second-order valence-corrected chi connectivity index (χ2v) is 9.27. The van der Waals surface area contributed by atoms with Gasteiger partial charge in [-0.05, 0) is 70.7 Å². The molecule has 0 amide bonds. The number of hydrogen-bond donors (Lipinski definition) is 2. The van der Waals surface area contributed by atoms with E-state index < -0.39 is 18.3 Å². The Labute approximate surface area is 217 Å². The summed E-state index contributed by atoms with van der Waals surface area (Å²) in [4.78, 5) is 22.3. The highest BCUT2D eigenvalue weighted by molar-refractivity contribution is 5.87. The minimum atomic E-state index is -4.81. The van der Waals surface area contributed by atoms with E-state index in [-0.39, 0.29) is 16.9 Å². The summed E-state index contributed by atoms with van der Waals surface area (Å²) in [6.45, 7) is 6.05. The topological polar surface area (TPSA) is 93.1 Å². The molecule has 198 valence electrons. The summed E-state index contributed by atoms with van der Waals surface area (Å²) in [7, 11) is 0. The Bertz CT molecular complexity index is 1380. The Balaban J connectivity index is 2.02. The molecule has 38 heavy (non-hydrogen) atoms. The van der Waals surface area contributed by atoms with Gasteiger partial charge in [0.25, 0.3) is 0 Å². The smallest absolute Gasteiger partial charge is 0.478 e. The first-order chi connectivity index (χ1) is 17.7. The summed E-state index contributed by atoms with van der Waals surface area (Å²) in [5.74, 6) is -2.04. The molecular formula is C29H25F3O6. The summed E-state index contributed by atoms with van der Waals surface area (Å²) in [6.07, 6.45) is -0.134. The number of aliphatic carboxylic acids is 2. The predicted octanol–water partition coefficient (Wildman–Crippen LogP) is 7.54. The first-order valence-electron chi connectivity index (χ1n) is 11.4. The van der Waals surface area contributed by atoms with E-state index >= 15 is 0 Å². The summed E-state index contributed by atoms with van der Waals surface area (Å²) in [6, 6.07) is 15.5. The third kappa shape index (κ3) is 7.99. The number of rotatable bonds is 8. The van der Waals surface area contributed by atoms with Gasteiger partial charge in [0.15, 0.2) is 0 Å². The van der Waals surface area contributed by atoms with Crippen LogP contribution in [-0.2, 0) is 15.0 Å². The Morgan fingerprint density at radius 1 is 0.737 bits per heavy atom. The minimum Gasteiger partial charge on any atom is -0.478 e. The SMILES string of the molecule is CC(C)(C)c1ccc(Oc2ccc(-c3ccc(OC(F)(F)F)cc3)cc2/C=C/C(=O)O)c(/C=C/C(=O)O)c1. The lowest BCUT2D eigenvalue weighted by molar-refractivity contribution is -0.274. The van der Waals surface area contributed by atoms with Crippen LogP contribution in [0.25, 0.3) is 23.3 Å². The maximum absolute atomic E-state index is 12.5. The fourth-order valence-corrected chi connectivity index (χ4v) is 3.48. The molecule has 0 radical (unpaired) electrons. The maximum atomic E-state index is 12.5. The van der Waals surface area contributed by atoms with Crippen LogP contribution < -0.4 is 9.47 Å². The highest BCUT2D eigenvalue weighted by atomic mass is 19.4. The molecule has 3 aromatic carbocycles. The maximum Gasteiger partial charge on any atom is 0.573 e. The molecule has 0 aliphatic rings. The third-order valence-corrected chi connectivity index (χ3v) is 5.34. The second-order valence-electron chi connectivity index (χ2n) is 9.27. The summed E-state index contributed by atoms with van der Waals surface area (Å²) in [5.41, 5.74) is 2.80. The van der Waals surface area contributed by atoms with Crippen LogP contribution in [0.3, 0.4) is 0 Å². The number of carboxylic acids is 2. The first-order valence-corrected chi connectivity index (χ1v) is 11.4. The van der Waals surface area contributed by atoms with Crippen molar-refractivity contribution in [3.8, 4) is 28.4 Å². The first kappa shape index (κ1) is 28.0. The molecule has 3 rings (SSSR count). The van der Waals surface area contributed by atoms with Crippen molar-refractivity contribution in [3.05, 3.63) is 89.5 Å². The normalized spacial score (nSPS) is 12.2. The van der Waals surface area contributed by atoms with E-state index in [1.54, 1.807) is 24.3 Å². The zero-order valence-corrected chi connectivity index (χ0v) is 20.7. The standard InChI is InChI=1S/C29H25F3O6/c1-28(2,3)22-9-13-25(21(17-22)8-15-27(35)36)37-24-12-6-19(16-20(24)7-14-26(33)34)18-4-10-23(11-5-18)38-29(30,31)32/h4-17H,1-3H3,(H,33,34)(H,35,36)/b14-7+,15-8+. The molecule has 0 saturated carbocycles. The van der Waals surface area contributed by atoms with Gasteiger partial charge in [-0.15, -0.1) is 13.2 Å². The molecule has 3 aromatic rings. The van der Waals surface area contributed by atoms with Crippen molar-refractivity contribution in [3.63, 3.8) is 0 Å². The van der Waals surface area contributed by atoms with Crippen LogP contribution in [0.5, 0.6) is 17.2 Å². The molecule has 0 aliphatic heterocycles. The molecule has 2 N–H and O–H groups in total. The number of hydrogen-bond acceptors (Lipinski definition) is 4. The third-order valence-electron chi connectivity index (χ3n) is 5.34. The fourth-order valence-electron chi connectivity index (χ4n) is 3.48. The molecule has 0 aliphatic carbocycles. The van der Waals surface area contributed by atoms with Gasteiger partial charge in [0.1, 0.15) is 17.2 Å². The molecule has 0 heterocycles. The van der Waals surface area contributed by atoms with Crippen molar-refractivity contribution in [1.29, 1.82) is 0 Å². The predicted molar refractivity (Wildman–Crippen MR) is 137 cm³/mol. The molecule has 9 heteroatoms. The fraction of sp³-hybridized carbons (Fsp3) is 0.172. The molecule has 0 fully saturated rings.